The standard InChI is InChI=1S/2C12H14O2.3C12H16O2.3C11H11F3O2.C10H9F3O2/c1-8-2-3-10(13)11-9(8)6-14-7-12(11)4-5-12;1-8-2-3-9(13)10-11(8)14-7-6-12(10)4-5-12;1-8-4-5-10(13)11-9(8)6-14-7-12(11,2)3;1-8-4-5-9(13)10-11(8)14-7-6-12(10,2)3;1-7(2)12-11-9(6-14-12)8(3)4-5-10(11)13;2*1-6-3-4-8(15)9-7(6)5-16-10(9,2)11(12,13)14;1-6-2-3-8(15)10-7(6)5-16-9(10)4-11(12,13)14;1-5-2-3-7(14)8-6(5)4-15-9(8)10(11,12)13/h2*2-3,13H,4-7H2,1H3;2*4-5,13H,6-7H2,1-3H3;4-5,7,12-13H,6H2,1-3H3;2*3-4,15H,5H2,1-2H3;2-3,9,15H,4-5H2,1H3;2-3,9,14H,4H2,1H3. The van der Waals surface area contributed by atoms with E-state index in [-0.39, 0.29) is 99.4 Å². The van der Waals surface area contributed by atoms with Gasteiger partial charge in [0.25, 0.3) is 0 Å². The predicted octanol–water partition coefficient (Wildman–Crippen LogP) is 25.0. The monoisotopic (exact) mass is 1870 g/mol. The quantitative estimate of drug-likeness (QED) is 0.0728. The maximum absolute atomic E-state index is 12.9. The molecule has 2 aliphatic carbocycles. The van der Waals surface area contributed by atoms with Crippen LogP contribution < -0.4 is 9.47 Å². The molecule has 2 fully saturated rings. The van der Waals surface area contributed by atoms with E-state index in [0.29, 0.717) is 100 Å². The Hall–Kier alpha value is -10.3. The van der Waals surface area contributed by atoms with Crippen molar-refractivity contribution >= 4 is 0 Å². The van der Waals surface area contributed by atoms with Gasteiger partial charge in [-0.1, -0.05) is 96.1 Å². The molecule has 18 nitrogen and oxygen atoms in total. The number of ether oxygens (including phenoxy) is 9. The first-order valence-corrected chi connectivity index (χ1v) is 44.1. The molecule has 2 saturated carbocycles. The molecule has 722 valence electrons. The molecule has 30 heteroatoms. The molecule has 0 aromatic heterocycles. The molecule has 9 aliphatic heterocycles. The minimum Gasteiger partial charge on any atom is -0.508 e. The number of halogens is 12. The van der Waals surface area contributed by atoms with E-state index in [0.717, 1.165) is 115 Å². The Bertz CT molecular complexity index is 5420. The molecule has 5 unspecified atom stereocenters. The van der Waals surface area contributed by atoms with Crippen LogP contribution >= 0.6 is 0 Å². The highest BCUT2D eigenvalue weighted by atomic mass is 19.4. The summed E-state index contributed by atoms with van der Waals surface area (Å²) in [6, 6.07) is 30.2. The fourth-order valence-electron chi connectivity index (χ4n) is 18.9. The minimum atomic E-state index is -4.54. The van der Waals surface area contributed by atoms with Gasteiger partial charge in [-0.05, 0) is 264 Å². The predicted molar refractivity (Wildman–Crippen MR) is 474 cm³/mol. The van der Waals surface area contributed by atoms with Crippen LogP contribution in [0.2, 0.25) is 0 Å². The lowest BCUT2D eigenvalue weighted by molar-refractivity contribution is -0.273. The first-order valence-electron chi connectivity index (χ1n) is 44.1. The van der Waals surface area contributed by atoms with E-state index >= 15 is 0 Å². The highest BCUT2D eigenvalue weighted by Crippen LogP contribution is 2.61. The van der Waals surface area contributed by atoms with Crippen molar-refractivity contribution in [1.82, 2.24) is 0 Å². The summed E-state index contributed by atoms with van der Waals surface area (Å²) in [5.74, 6) is 3.04. The second kappa shape index (κ2) is 38.4. The van der Waals surface area contributed by atoms with Gasteiger partial charge in [-0.15, -0.1) is 0 Å². The first-order chi connectivity index (χ1) is 61.9. The molecule has 11 aliphatic rings. The smallest absolute Gasteiger partial charge is 0.421 e. The Balaban J connectivity index is 0.000000135. The van der Waals surface area contributed by atoms with Crippen LogP contribution in [0.25, 0.3) is 0 Å². The topological polar surface area (TPSA) is 265 Å². The highest BCUT2D eigenvalue weighted by molar-refractivity contribution is 5.59. The number of hydrogen-bond donors (Lipinski definition) is 9. The maximum Gasteiger partial charge on any atom is 0.421 e. The third-order valence-electron chi connectivity index (χ3n) is 27.2. The van der Waals surface area contributed by atoms with Gasteiger partial charge in [-0.3, -0.25) is 0 Å². The lowest BCUT2D eigenvalue weighted by Crippen LogP contribution is -2.39. The number of phenolic OH excluding ortho intramolecular Hbond substituents is 9. The highest BCUT2D eigenvalue weighted by Gasteiger charge is 2.61. The van der Waals surface area contributed by atoms with Crippen molar-refractivity contribution in [3.63, 3.8) is 0 Å². The van der Waals surface area contributed by atoms with E-state index < -0.39 is 54.5 Å². The van der Waals surface area contributed by atoms with Crippen LogP contribution in [-0.4, -0.2) is 97.1 Å². The fourth-order valence-corrected chi connectivity index (χ4v) is 18.9. The third-order valence-corrected chi connectivity index (χ3v) is 27.2. The summed E-state index contributed by atoms with van der Waals surface area (Å²) in [6.45, 7) is 36.5. The molecule has 20 rings (SSSR count). The van der Waals surface area contributed by atoms with Crippen molar-refractivity contribution in [2.24, 2.45) is 5.92 Å². The van der Waals surface area contributed by atoms with Crippen molar-refractivity contribution in [3.8, 4) is 63.2 Å². The normalized spacial score (nSPS) is 21.3. The summed E-state index contributed by atoms with van der Waals surface area (Å²) in [5, 5.41) is 87.4. The Morgan fingerprint density at radius 2 is 0.662 bits per heavy atom. The largest absolute Gasteiger partial charge is 0.508 e. The zero-order valence-corrected chi connectivity index (χ0v) is 77.7. The molecule has 0 amide bonds. The lowest BCUT2D eigenvalue weighted by Gasteiger charge is -2.33. The molecular formula is C103H118F12O18. The zero-order valence-electron chi connectivity index (χ0n) is 77.7. The molecule has 133 heavy (non-hydrogen) atoms. The second-order valence-corrected chi connectivity index (χ2v) is 38.1. The van der Waals surface area contributed by atoms with Crippen LogP contribution in [-0.2, 0) is 112 Å². The van der Waals surface area contributed by atoms with E-state index in [2.05, 4.69) is 67.1 Å². The maximum atomic E-state index is 12.9. The van der Waals surface area contributed by atoms with Gasteiger partial charge in [-0.25, -0.2) is 0 Å². The van der Waals surface area contributed by atoms with Crippen molar-refractivity contribution in [1.29, 1.82) is 0 Å². The van der Waals surface area contributed by atoms with Crippen LogP contribution in [0.15, 0.2) is 109 Å². The van der Waals surface area contributed by atoms with Gasteiger partial charge in [0.05, 0.1) is 91.3 Å². The van der Waals surface area contributed by atoms with Gasteiger partial charge in [0, 0.05) is 71.7 Å². The molecule has 9 N–H and O–H groups in total. The second-order valence-electron chi connectivity index (χ2n) is 38.1. The van der Waals surface area contributed by atoms with Crippen LogP contribution in [0.3, 0.4) is 0 Å². The zero-order chi connectivity index (χ0) is 97.9. The fraction of sp³-hybridized carbons (Fsp3) is 0.476. The van der Waals surface area contributed by atoms with Crippen molar-refractivity contribution in [3.05, 3.63) is 248 Å². The molecule has 2 spiro atoms. The molecule has 9 heterocycles. The van der Waals surface area contributed by atoms with Crippen molar-refractivity contribution < 1.29 is 141 Å². The molecular weight excluding hydrogens is 1750 g/mol. The molecule has 9 aromatic carbocycles. The van der Waals surface area contributed by atoms with Crippen molar-refractivity contribution in [2.75, 3.05) is 26.4 Å². The minimum absolute atomic E-state index is 0.0175. The Morgan fingerprint density at radius 3 is 1.08 bits per heavy atom. The lowest BCUT2D eigenvalue weighted by atomic mass is 9.78. The van der Waals surface area contributed by atoms with Gasteiger partial charge >= 0.3 is 24.7 Å². The van der Waals surface area contributed by atoms with Gasteiger partial charge in [0.1, 0.15) is 63.2 Å². The third kappa shape index (κ3) is 20.9. The molecule has 0 bridgehead atoms. The van der Waals surface area contributed by atoms with Crippen LogP contribution in [0, 0.1) is 68.2 Å². The van der Waals surface area contributed by atoms with Crippen molar-refractivity contribution in [2.45, 2.75) is 285 Å². The van der Waals surface area contributed by atoms with E-state index in [9.17, 15) is 98.6 Å². The Kier molecular flexibility index (Phi) is 29.4. The number of rotatable bonds is 2. The summed E-state index contributed by atoms with van der Waals surface area (Å²) in [4.78, 5) is 0. The number of fused-ring (bicyclic) bond motifs is 11. The number of aryl methyl sites for hydroxylation is 9. The summed E-state index contributed by atoms with van der Waals surface area (Å²) in [6.07, 6.45) is -15.1. The molecule has 5 atom stereocenters. The summed E-state index contributed by atoms with van der Waals surface area (Å²) in [7, 11) is 0. The Labute approximate surface area is 766 Å². The average Bonchev–Trinajstić information content (AvgIpc) is 1.57. The average molecular weight is 1870 g/mol. The van der Waals surface area contributed by atoms with E-state index in [1.165, 1.54) is 70.5 Å². The van der Waals surface area contributed by atoms with Gasteiger partial charge in [-0.2, -0.15) is 52.7 Å². The number of benzene rings is 9. The van der Waals surface area contributed by atoms with Crippen LogP contribution in [0.5, 0.6) is 63.2 Å². The molecule has 9 aromatic rings. The van der Waals surface area contributed by atoms with E-state index in [1.54, 1.807) is 76.2 Å². The number of phenols is 9. The summed E-state index contributed by atoms with van der Waals surface area (Å²) >= 11 is 0. The molecule has 0 saturated heterocycles. The van der Waals surface area contributed by atoms with E-state index in [4.69, 9.17) is 37.9 Å². The summed E-state index contributed by atoms with van der Waals surface area (Å²) in [5.41, 5.74) is 15.0. The first kappa shape index (κ1) is 102. The summed E-state index contributed by atoms with van der Waals surface area (Å²) < 4.78 is 199. The number of aromatic hydroxyl groups is 9. The number of alkyl halides is 12. The molecule has 0 radical (unpaired) electrons. The SMILES string of the molecule is Cc1ccc(O)c2c1COC2(C)C(F)(F)F.Cc1ccc(O)c2c1COC2(C)C(F)(F)F.Cc1ccc(O)c2c1COC2C(C)C.Cc1ccc(O)c2c1COC2C(F)(F)F.Cc1ccc(O)c2c1COC2CC(F)(F)F.Cc1ccc(O)c2c1COCC2(C)C.Cc1ccc(O)c2c1COCC21CC1.Cc1ccc(O)c2c1OCCC2(C)C.Cc1ccc(O)c2c1OCCC21CC1. The Morgan fingerprint density at radius 1 is 0.323 bits per heavy atom. The van der Waals surface area contributed by atoms with Crippen LogP contribution in [0.4, 0.5) is 52.7 Å². The van der Waals surface area contributed by atoms with E-state index in [1.807, 2.05) is 50.2 Å². The number of hydrogen-bond acceptors (Lipinski definition) is 18. The van der Waals surface area contributed by atoms with Gasteiger partial charge < -0.3 is 88.6 Å². The van der Waals surface area contributed by atoms with Crippen LogP contribution in [0.1, 0.15) is 258 Å². The van der Waals surface area contributed by atoms with Gasteiger partial charge in [0.15, 0.2) is 17.3 Å². The van der Waals surface area contributed by atoms with Gasteiger partial charge in [0.2, 0.25) is 0 Å².